The van der Waals surface area contributed by atoms with Gasteiger partial charge in [-0.05, 0) is 48.7 Å². The Labute approximate surface area is 222 Å². The van der Waals surface area contributed by atoms with Crippen molar-refractivity contribution in [3.8, 4) is 17.4 Å². The van der Waals surface area contributed by atoms with Crippen LogP contribution >= 0.6 is 11.6 Å². The Morgan fingerprint density at radius 1 is 1.26 bits per heavy atom. The van der Waals surface area contributed by atoms with Crippen molar-refractivity contribution in [2.75, 3.05) is 41.8 Å². The minimum absolute atomic E-state index is 0.0431. The minimum Gasteiger partial charge on any atom is -0.483 e. The molecule has 2 aliphatic rings. The highest BCUT2D eigenvalue weighted by molar-refractivity contribution is 6.32. The van der Waals surface area contributed by atoms with Crippen LogP contribution in [0, 0.1) is 5.92 Å². The van der Waals surface area contributed by atoms with Gasteiger partial charge in [-0.25, -0.2) is 4.98 Å². The van der Waals surface area contributed by atoms with E-state index in [1.165, 1.54) is 24.5 Å². The number of halogens is 4. The average Bonchev–Trinajstić information content (AvgIpc) is 3.39. The first kappa shape index (κ1) is 25.9. The third-order valence-corrected chi connectivity index (χ3v) is 6.86. The van der Waals surface area contributed by atoms with E-state index < -0.39 is 17.6 Å². The third-order valence-electron chi connectivity index (χ3n) is 6.54. The minimum atomic E-state index is -4.56. The van der Waals surface area contributed by atoms with Gasteiger partial charge in [-0.1, -0.05) is 24.9 Å². The van der Waals surface area contributed by atoms with Gasteiger partial charge in [0, 0.05) is 30.0 Å². The summed E-state index contributed by atoms with van der Waals surface area (Å²) in [5.74, 6) is 0.828. The lowest BCUT2D eigenvalue weighted by molar-refractivity contribution is -0.137. The summed E-state index contributed by atoms with van der Waals surface area (Å²) in [6, 6.07) is 7.93. The molecule has 0 unspecified atom stereocenters. The summed E-state index contributed by atoms with van der Waals surface area (Å²) in [7, 11) is 0. The van der Waals surface area contributed by atoms with Gasteiger partial charge in [0.25, 0.3) is 11.8 Å². The number of carbonyl (C=O) groups excluding carboxylic acids is 1. The fraction of sp³-hybridized carbons (Fsp3) is 0.346. The Morgan fingerprint density at radius 3 is 2.87 bits per heavy atom. The van der Waals surface area contributed by atoms with Crippen LogP contribution < -0.4 is 25.0 Å². The molecule has 1 fully saturated rings. The van der Waals surface area contributed by atoms with Crippen LogP contribution in [-0.2, 0) is 6.18 Å². The fourth-order valence-corrected chi connectivity index (χ4v) is 4.63. The number of benzene rings is 2. The molecule has 38 heavy (non-hydrogen) atoms. The highest BCUT2D eigenvalue weighted by Gasteiger charge is 2.33. The molecule has 1 aromatic heterocycles. The third kappa shape index (κ3) is 5.57. The molecule has 3 heterocycles. The fourth-order valence-electron chi connectivity index (χ4n) is 4.47. The number of nitrogens with one attached hydrogen (secondary N) is 2. The molecule has 0 radical (unpaired) electrons. The number of ether oxygens (including phenoxy) is 2. The molecular formula is C26H25ClF3N5O3. The first-order valence-corrected chi connectivity index (χ1v) is 12.6. The molecular weight excluding hydrogens is 523 g/mol. The molecule has 0 aliphatic carbocycles. The van der Waals surface area contributed by atoms with E-state index in [1.807, 2.05) is 4.90 Å². The lowest BCUT2D eigenvalue weighted by atomic mass is 10.1. The van der Waals surface area contributed by atoms with E-state index in [-0.39, 0.29) is 27.9 Å². The zero-order chi connectivity index (χ0) is 26.9. The lowest BCUT2D eigenvalue weighted by Crippen LogP contribution is -2.21. The van der Waals surface area contributed by atoms with Gasteiger partial charge in [0.1, 0.15) is 18.7 Å². The van der Waals surface area contributed by atoms with Crippen molar-refractivity contribution in [3.63, 3.8) is 0 Å². The van der Waals surface area contributed by atoms with Crippen molar-refractivity contribution in [2.24, 2.45) is 5.92 Å². The maximum absolute atomic E-state index is 13.7. The number of fused-ring (bicyclic) bond motifs is 1. The number of anilines is 3. The summed E-state index contributed by atoms with van der Waals surface area (Å²) in [5, 5.41) is 5.87. The van der Waals surface area contributed by atoms with E-state index in [1.54, 1.807) is 6.07 Å². The second-order valence-electron chi connectivity index (χ2n) is 9.11. The Balaban J connectivity index is 1.39. The Kier molecular flexibility index (Phi) is 7.20. The Hall–Kier alpha value is -3.73. The van der Waals surface area contributed by atoms with Gasteiger partial charge < -0.3 is 25.0 Å². The van der Waals surface area contributed by atoms with Crippen LogP contribution in [0.5, 0.6) is 17.4 Å². The molecule has 3 aromatic rings. The molecule has 2 aliphatic heterocycles. The number of aromatic nitrogens is 2. The molecule has 1 atom stereocenters. The molecule has 200 valence electrons. The average molecular weight is 548 g/mol. The monoisotopic (exact) mass is 547 g/mol. The number of nitrogens with zero attached hydrogens (tertiary/aromatic N) is 3. The zero-order valence-corrected chi connectivity index (χ0v) is 21.2. The van der Waals surface area contributed by atoms with Crippen LogP contribution in [-0.4, -0.2) is 42.1 Å². The van der Waals surface area contributed by atoms with Crippen LogP contribution in [0.15, 0.2) is 42.7 Å². The van der Waals surface area contributed by atoms with E-state index in [9.17, 15) is 18.0 Å². The van der Waals surface area contributed by atoms with Crippen molar-refractivity contribution in [1.82, 2.24) is 9.97 Å². The van der Waals surface area contributed by atoms with Crippen LogP contribution in [0.2, 0.25) is 5.02 Å². The summed E-state index contributed by atoms with van der Waals surface area (Å²) in [6.07, 6.45) is -1.39. The standard InChI is InChI=1S/C26H25ClF3N5O3/c1-2-15-5-7-35(13-15)19-11-17(26(28,29)30)10-18(12-19)34-24(36)16-3-4-20(27)21(9-16)38-25-22-23(32-14-33-25)31-6-8-37-22/h3-4,9-12,14-15H,2,5-8,13H2,1H3,(H,34,36)(H,31,32,33)/t15-/m0/s1. The highest BCUT2D eigenvalue weighted by atomic mass is 35.5. The Morgan fingerprint density at radius 2 is 2.11 bits per heavy atom. The second-order valence-corrected chi connectivity index (χ2v) is 9.52. The molecule has 2 N–H and O–H groups in total. The van der Waals surface area contributed by atoms with E-state index in [4.69, 9.17) is 21.1 Å². The number of alkyl halides is 3. The predicted octanol–water partition coefficient (Wildman–Crippen LogP) is 6.23. The molecule has 0 saturated carbocycles. The number of hydrogen-bond acceptors (Lipinski definition) is 7. The van der Waals surface area contributed by atoms with Gasteiger partial charge in [0.2, 0.25) is 5.75 Å². The van der Waals surface area contributed by atoms with Crippen molar-refractivity contribution < 1.29 is 27.4 Å². The first-order valence-electron chi connectivity index (χ1n) is 12.2. The van der Waals surface area contributed by atoms with Gasteiger partial charge in [-0.3, -0.25) is 4.79 Å². The van der Waals surface area contributed by atoms with Crippen molar-refractivity contribution in [2.45, 2.75) is 25.9 Å². The summed E-state index contributed by atoms with van der Waals surface area (Å²) in [4.78, 5) is 23.2. The van der Waals surface area contributed by atoms with Crippen LogP contribution in [0.25, 0.3) is 0 Å². The predicted molar refractivity (Wildman–Crippen MR) is 138 cm³/mol. The van der Waals surface area contributed by atoms with Gasteiger partial charge in [-0.2, -0.15) is 18.2 Å². The van der Waals surface area contributed by atoms with E-state index >= 15 is 0 Å². The van der Waals surface area contributed by atoms with Crippen LogP contribution in [0.3, 0.4) is 0 Å². The normalized spacial score (nSPS) is 16.9. The van der Waals surface area contributed by atoms with E-state index in [0.29, 0.717) is 49.4 Å². The zero-order valence-electron chi connectivity index (χ0n) is 20.4. The molecule has 0 spiro atoms. The molecule has 12 heteroatoms. The lowest BCUT2D eigenvalue weighted by Gasteiger charge is -2.22. The number of carbonyl (C=O) groups is 1. The van der Waals surface area contributed by atoms with Gasteiger partial charge >= 0.3 is 6.18 Å². The second kappa shape index (κ2) is 10.6. The Bertz CT molecular complexity index is 1350. The summed E-state index contributed by atoms with van der Waals surface area (Å²) in [5.41, 5.74) is -0.222. The maximum Gasteiger partial charge on any atom is 0.416 e. The summed E-state index contributed by atoms with van der Waals surface area (Å²) in [6.45, 7) is 4.38. The smallest absolute Gasteiger partial charge is 0.416 e. The largest absolute Gasteiger partial charge is 0.483 e. The highest BCUT2D eigenvalue weighted by Crippen LogP contribution is 2.39. The summed E-state index contributed by atoms with van der Waals surface area (Å²) >= 11 is 6.30. The molecule has 1 amide bonds. The van der Waals surface area contributed by atoms with E-state index in [2.05, 4.69) is 27.5 Å². The molecule has 0 bridgehead atoms. The van der Waals surface area contributed by atoms with Crippen LogP contribution in [0.1, 0.15) is 35.7 Å². The quantitative estimate of drug-likeness (QED) is 0.378. The molecule has 8 nitrogen and oxygen atoms in total. The van der Waals surface area contributed by atoms with E-state index in [0.717, 1.165) is 25.0 Å². The van der Waals surface area contributed by atoms with Crippen molar-refractivity contribution >= 4 is 34.7 Å². The SMILES string of the molecule is CC[C@H]1CCN(c2cc(NC(=O)c3ccc(Cl)c(Oc4ncnc5c4OCCN5)c3)cc(C(F)(F)F)c2)C1. The number of hydrogen-bond donors (Lipinski definition) is 2. The van der Waals surface area contributed by atoms with Gasteiger partial charge in [0.15, 0.2) is 5.82 Å². The number of amides is 1. The van der Waals surface area contributed by atoms with Crippen LogP contribution in [0.4, 0.5) is 30.4 Å². The topological polar surface area (TPSA) is 88.6 Å². The molecule has 1 saturated heterocycles. The molecule has 2 aromatic carbocycles. The van der Waals surface area contributed by atoms with Gasteiger partial charge in [-0.15, -0.1) is 0 Å². The summed E-state index contributed by atoms with van der Waals surface area (Å²) < 4.78 is 52.5. The van der Waals surface area contributed by atoms with Gasteiger partial charge in [0.05, 0.1) is 17.1 Å². The number of rotatable bonds is 6. The first-order chi connectivity index (χ1) is 18.2. The molecule has 5 rings (SSSR count). The maximum atomic E-state index is 13.7. The van der Waals surface area contributed by atoms with Crippen molar-refractivity contribution in [3.05, 3.63) is 58.9 Å². The van der Waals surface area contributed by atoms with Crippen molar-refractivity contribution in [1.29, 1.82) is 0 Å².